The van der Waals surface area contributed by atoms with E-state index in [0.717, 1.165) is 0 Å². The molecule has 1 N–H and O–H groups in total. The number of alkyl halides is 2. The Balaban J connectivity index is 2.74. The van der Waals surface area contributed by atoms with Gasteiger partial charge < -0.3 is 4.90 Å². The zero-order valence-corrected chi connectivity index (χ0v) is 8.63. The van der Waals surface area contributed by atoms with Crippen LogP contribution < -0.4 is 5.32 Å². The molecule has 1 rings (SSSR count). The van der Waals surface area contributed by atoms with E-state index in [-0.39, 0.29) is 18.1 Å². The summed E-state index contributed by atoms with van der Waals surface area (Å²) in [4.78, 5) is 12.9. The van der Waals surface area contributed by atoms with Crippen LogP contribution >= 0.6 is 0 Å². The zero-order valence-electron chi connectivity index (χ0n) is 8.63. The Bertz CT molecular complexity index is 223. The van der Waals surface area contributed by atoms with Crippen molar-refractivity contribution >= 4 is 5.91 Å². The smallest absolute Gasteiger partial charge is 0.258 e. The molecule has 0 aliphatic carbocycles. The minimum atomic E-state index is -2.49. The van der Waals surface area contributed by atoms with E-state index >= 15 is 0 Å². The Kier molecular flexibility index (Phi) is 3.42. The molecule has 0 spiro atoms. The Hall–Kier alpha value is -0.710. The lowest BCUT2D eigenvalue weighted by atomic mass is 10.2. The van der Waals surface area contributed by atoms with Gasteiger partial charge in [0, 0.05) is 0 Å². The van der Waals surface area contributed by atoms with Crippen LogP contribution in [-0.4, -0.2) is 35.5 Å². The van der Waals surface area contributed by atoms with Gasteiger partial charge in [0.05, 0.1) is 18.2 Å². The largest absolute Gasteiger partial charge is 0.318 e. The van der Waals surface area contributed by atoms with Crippen LogP contribution in [0, 0.1) is 0 Å². The molecule has 0 aromatic rings. The molecule has 1 heterocycles. The number of amides is 1. The van der Waals surface area contributed by atoms with Gasteiger partial charge in [-0.2, -0.15) is 0 Å². The van der Waals surface area contributed by atoms with Crippen molar-refractivity contribution in [3.8, 4) is 0 Å². The molecule has 0 radical (unpaired) electrons. The van der Waals surface area contributed by atoms with Gasteiger partial charge in [-0.15, -0.1) is 0 Å². The number of halogens is 2. The number of carbonyl (C=O) groups is 1. The summed E-state index contributed by atoms with van der Waals surface area (Å²) in [5.74, 6) is -0.215. The molecule has 1 fully saturated rings. The topological polar surface area (TPSA) is 32.3 Å². The van der Waals surface area contributed by atoms with Crippen LogP contribution in [0.15, 0.2) is 0 Å². The van der Waals surface area contributed by atoms with Crippen molar-refractivity contribution in [2.45, 2.75) is 51.9 Å². The first-order valence-corrected chi connectivity index (χ1v) is 4.85. The molecule has 5 heteroatoms. The molecule has 3 unspecified atom stereocenters. The number of hydrogen-bond acceptors (Lipinski definition) is 2. The second-order valence-electron chi connectivity index (χ2n) is 3.62. The van der Waals surface area contributed by atoms with Gasteiger partial charge in [-0.25, -0.2) is 8.78 Å². The summed E-state index contributed by atoms with van der Waals surface area (Å²) in [5, 5.41) is 2.98. The van der Waals surface area contributed by atoms with Crippen LogP contribution in [0.4, 0.5) is 8.78 Å². The molecule has 14 heavy (non-hydrogen) atoms. The first kappa shape index (κ1) is 11.4. The average molecular weight is 206 g/mol. The molecule has 1 saturated heterocycles. The van der Waals surface area contributed by atoms with E-state index < -0.39 is 12.5 Å². The lowest BCUT2D eigenvalue weighted by Gasteiger charge is -2.27. The molecule has 3 atom stereocenters. The molecular formula is C9H16F2N2O. The Labute approximate surface area is 82.5 Å². The molecule has 82 valence electrons. The second-order valence-corrected chi connectivity index (χ2v) is 3.62. The highest BCUT2D eigenvalue weighted by Crippen LogP contribution is 2.19. The molecule has 3 nitrogen and oxygen atoms in total. The summed E-state index contributed by atoms with van der Waals surface area (Å²) >= 11 is 0. The number of rotatable bonds is 3. The Morgan fingerprint density at radius 2 is 2.14 bits per heavy atom. The number of nitrogens with one attached hydrogen (secondary N) is 1. The fourth-order valence-corrected chi connectivity index (χ4v) is 1.78. The van der Waals surface area contributed by atoms with Crippen LogP contribution in [0.2, 0.25) is 0 Å². The predicted octanol–water partition coefficient (Wildman–Crippen LogP) is 1.20. The van der Waals surface area contributed by atoms with Gasteiger partial charge in [0.1, 0.15) is 0 Å². The van der Waals surface area contributed by atoms with Gasteiger partial charge in [0.25, 0.3) is 6.43 Å². The average Bonchev–Trinajstić information content (AvgIpc) is 2.40. The van der Waals surface area contributed by atoms with E-state index in [1.165, 1.54) is 11.8 Å². The summed E-state index contributed by atoms with van der Waals surface area (Å²) in [6, 6.07) is -1.31. The summed E-state index contributed by atoms with van der Waals surface area (Å²) in [5.41, 5.74) is 0. The predicted molar refractivity (Wildman–Crippen MR) is 49.0 cm³/mol. The van der Waals surface area contributed by atoms with Crippen LogP contribution in [0.25, 0.3) is 0 Å². The van der Waals surface area contributed by atoms with Gasteiger partial charge in [-0.3, -0.25) is 10.1 Å². The summed E-state index contributed by atoms with van der Waals surface area (Å²) < 4.78 is 24.9. The molecule has 1 aliphatic heterocycles. The molecule has 0 saturated carbocycles. The van der Waals surface area contributed by atoms with Crippen LogP contribution in [0.3, 0.4) is 0 Å². The molecule has 1 amide bonds. The standard InChI is InChI=1S/C9H16F2N2O/c1-4-7-9(14)13(6(3)12-7)5(2)8(10)11/h5-8,12H,4H2,1-3H3. The fraction of sp³-hybridized carbons (Fsp3) is 0.889. The van der Waals surface area contributed by atoms with Gasteiger partial charge in [0.15, 0.2) is 0 Å². The molecule has 0 aromatic carbocycles. The van der Waals surface area contributed by atoms with E-state index in [2.05, 4.69) is 5.32 Å². The Morgan fingerprint density at radius 3 is 2.50 bits per heavy atom. The van der Waals surface area contributed by atoms with Gasteiger partial charge in [-0.1, -0.05) is 6.92 Å². The first-order valence-electron chi connectivity index (χ1n) is 4.85. The van der Waals surface area contributed by atoms with Gasteiger partial charge in [0.2, 0.25) is 5.91 Å². The maximum atomic E-state index is 12.4. The SMILES string of the molecule is CCC1NC(C)N(C(C)C(F)F)C1=O. The normalized spacial score (nSPS) is 30.1. The second kappa shape index (κ2) is 4.21. The van der Waals surface area contributed by atoms with Crippen LogP contribution in [0.1, 0.15) is 27.2 Å². The third kappa shape index (κ3) is 1.87. The van der Waals surface area contributed by atoms with Crippen LogP contribution in [-0.2, 0) is 4.79 Å². The Morgan fingerprint density at radius 1 is 1.57 bits per heavy atom. The van der Waals surface area contributed by atoms with E-state index in [0.29, 0.717) is 6.42 Å². The highest BCUT2D eigenvalue weighted by molar-refractivity contribution is 5.84. The van der Waals surface area contributed by atoms with E-state index in [1.807, 2.05) is 6.92 Å². The molecule has 1 aliphatic rings. The quantitative estimate of drug-likeness (QED) is 0.752. The van der Waals surface area contributed by atoms with Crippen molar-refractivity contribution in [2.75, 3.05) is 0 Å². The van der Waals surface area contributed by atoms with Crippen molar-refractivity contribution in [3.63, 3.8) is 0 Å². The van der Waals surface area contributed by atoms with Crippen molar-refractivity contribution in [1.29, 1.82) is 0 Å². The summed E-state index contributed by atoms with van der Waals surface area (Å²) in [7, 11) is 0. The maximum absolute atomic E-state index is 12.4. The van der Waals surface area contributed by atoms with E-state index in [9.17, 15) is 13.6 Å². The van der Waals surface area contributed by atoms with Crippen molar-refractivity contribution in [2.24, 2.45) is 0 Å². The molecule has 0 bridgehead atoms. The maximum Gasteiger partial charge on any atom is 0.258 e. The molecular weight excluding hydrogens is 190 g/mol. The fourth-order valence-electron chi connectivity index (χ4n) is 1.78. The number of hydrogen-bond donors (Lipinski definition) is 1. The van der Waals surface area contributed by atoms with Crippen molar-refractivity contribution in [3.05, 3.63) is 0 Å². The van der Waals surface area contributed by atoms with Gasteiger partial charge in [-0.05, 0) is 20.3 Å². The third-order valence-corrected chi connectivity index (χ3v) is 2.62. The molecule has 0 aromatic heterocycles. The highest BCUT2D eigenvalue weighted by Gasteiger charge is 2.40. The lowest BCUT2D eigenvalue weighted by Crippen LogP contribution is -2.45. The highest BCUT2D eigenvalue weighted by atomic mass is 19.3. The van der Waals surface area contributed by atoms with Gasteiger partial charge >= 0.3 is 0 Å². The zero-order chi connectivity index (χ0) is 10.9. The van der Waals surface area contributed by atoms with Crippen molar-refractivity contribution in [1.82, 2.24) is 10.2 Å². The summed E-state index contributed by atoms with van der Waals surface area (Å²) in [6.45, 7) is 4.96. The number of nitrogens with zero attached hydrogens (tertiary/aromatic N) is 1. The first-order chi connectivity index (χ1) is 6.49. The van der Waals surface area contributed by atoms with E-state index in [1.54, 1.807) is 6.92 Å². The third-order valence-electron chi connectivity index (χ3n) is 2.62. The lowest BCUT2D eigenvalue weighted by molar-refractivity contribution is -0.135. The minimum absolute atomic E-state index is 0.215. The number of carbonyl (C=O) groups excluding carboxylic acids is 1. The van der Waals surface area contributed by atoms with Crippen molar-refractivity contribution < 1.29 is 13.6 Å². The minimum Gasteiger partial charge on any atom is -0.318 e. The monoisotopic (exact) mass is 206 g/mol. The summed E-state index contributed by atoms with van der Waals surface area (Å²) in [6.07, 6.45) is -2.15. The van der Waals surface area contributed by atoms with Crippen LogP contribution in [0.5, 0.6) is 0 Å². The van der Waals surface area contributed by atoms with E-state index in [4.69, 9.17) is 0 Å².